The van der Waals surface area contributed by atoms with Crippen molar-refractivity contribution in [1.82, 2.24) is 5.32 Å². The second-order valence-electron chi connectivity index (χ2n) is 6.53. The molecule has 0 saturated heterocycles. The molecule has 0 radical (unpaired) electrons. The molecule has 0 aliphatic carbocycles. The fourth-order valence-electron chi connectivity index (χ4n) is 2.75. The summed E-state index contributed by atoms with van der Waals surface area (Å²) in [5.74, 6) is -0.907. The molecule has 5 nitrogen and oxygen atoms in total. The zero-order chi connectivity index (χ0) is 20.8. The van der Waals surface area contributed by atoms with Gasteiger partial charge in [-0.3, -0.25) is 9.59 Å². The number of nitrogens with zero attached hydrogens (tertiary/aromatic N) is 1. The number of nitrogens with two attached hydrogens (primary N) is 1. The molecule has 29 heavy (non-hydrogen) atoms. The van der Waals surface area contributed by atoms with Crippen molar-refractivity contribution in [3.05, 3.63) is 106 Å². The van der Waals surface area contributed by atoms with Crippen LogP contribution in [0, 0.1) is 6.92 Å². The molecule has 146 valence electrons. The van der Waals surface area contributed by atoms with Gasteiger partial charge in [-0.25, -0.2) is 0 Å². The average molecular weight is 406 g/mol. The Labute approximate surface area is 174 Å². The number of nitrogens with one attached hydrogen (secondary N) is 1. The van der Waals surface area contributed by atoms with Gasteiger partial charge in [0.2, 0.25) is 0 Å². The van der Waals surface area contributed by atoms with Gasteiger partial charge in [-0.1, -0.05) is 77.8 Å². The van der Waals surface area contributed by atoms with E-state index in [1.54, 1.807) is 54.6 Å². The van der Waals surface area contributed by atoms with Crippen LogP contribution in [0.2, 0.25) is 5.02 Å². The van der Waals surface area contributed by atoms with E-state index >= 15 is 0 Å². The summed E-state index contributed by atoms with van der Waals surface area (Å²) in [6.07, 6.45) is 0. The Bertz CT molecular complexity index is 1050. The summed E-state index contributed by atoms with van der Waals surface area (Å²) in [6.45, 7) is 1.94. The quantitative estimate of drug-likeness (QED) is 0.496. The van der Waals surface area contributed by atoms with Gasteiger partial charge in [0, 0.05) is 16.1 Å². The van der Waals surface area contributed by atoms with Crippen LogP contribution in [-0.4, -0.2) is 17.6 Å². The van der Waals surface area contributed by atoms with E-state index in [2.05, 4.69) is 10.3 Å². The third-order valence-corrected chi connectivity index (χ3v) is 4.56. The van der Waals surface area contributed by atoms with Crippen LogP contribution in [0.3, 0.4) is 0 Å². The lowest BCUT2D eigenvalue weighted by Crippen LogP contribution is -2.34. The molecule has 1 atom stereocenters. The SMILES string of the molecule is Cc1ccc(C(NC(=O)c2cccc(Cl)c2)C(=O)N=C(N)c2ccccc2)cc1. The molecule has 2 amide bonds. The molecular formula is C23H20ClN3O2. The van der Waals surface area contributed by atoms with Crippen LogP contribution in [0.15, 0.2) is 83.9 Å². The zero-order valence-electron chi connectivity index (χ0n) is 15.8. The van der Waals surface area contributed by atoms with Crippen LogP contribution in [0.4, 0.5) is 0 Å². The van der Waals surface area contributed by atoms with Crippen molar-refractivity contribution in [1.29, 1.82) is 0 Å². The van der Waals surface area contributed by atoms with Crippen molar-refractivity contribution in [3.63, 3.8) is 0 Å². The molecule has 0 aliphatic rings. The smallest absolute Gasteiger partial charge is 0.274 e. The molecule has 3 aromatic rings. The van der Waals surface area contributed by atoms with Crippen LogP contribution in [-0.2, 0) is 4.79 Å². The van der Waals surface area contributed by atoms with E-state index in [-0.39, 0.29) is 5.84 Å². The molecule has 6 heteroatoms. The predicted molar refractivity (Wildman–Crippen MR) is 115 cm³/mol. The first-order valence-corrected chi connectivity index (χ1v) is 9.38. The second kappa shape index (κ2) is 9.17. The highest BCUT2D eigenvalue weighted by Gasteiger charge is 2.23. The van der Waals surface area contributed by atoms with Crippen molar-refractivity contribution >= 4 is 29.3 Å². The summed E-state index contributed by atoms with van der Waals surface area (Å²) in [4.78, 5) is 29.7. The number of amidine groups is 1. The minimum absolute atomic E-state index is 0.0877. The van der Waals surface area contributed by atoms with Gasteiger partial charge < -0.3 is 11.1 Å². The minimum atomic E-state index is -0.982. The van der Waals surface area contributed by atoms with Gasteiger partial charge in [-0.15, -0.1) is 0 Å². The summed E-state index contributed by atoms with van der Waals surface area (Å²) < 4.78 is 0. The molecule has 0 aliphatic heterocycles. The molecule has 3 rings (SSSR count). The Balaban J connectivity index is 1.91. The van der Waals surface area contributed by atoms with Gasteiger partial charge in [0.25, 0.3) is 11.8 Å². The van der Waals surface area contributed by atoms with Crippen molar-refractivity contribution in [2.24, 2.45) is 10.7 Å². The molecule has 0 fully saturated rings. The van der Waals surface area contributed by atoms with E-state index in [1.165, 1.54) is 6.07 Å². The monoisotopic (exact) mass is 405 g/mol. The number of aryl methyl sites for hydroxylation is 1. The Morgan fingerprint density at radius 3 is 2.24 bits per heavy atom. The molecular weight excluding hydrogens is 386 g/mol. The maximum atomic E-state index is 12.9. The van der Waals surface area contributed by atoms with E-state index in [0.717, 1.165) is 5.56 Å². The summed E-state index contributed by atoms with van der Waals surface area (Å²) in [5.41, 5.74) is 8.62. The Hall–Kier alpha value is -3.44. The summed E-state index contributed by atoms with van der Waals surface area (Å²) in [7, 11) is 0. The van der Waals surface area contributed by atoms with E-state index < -0.39 is 17.9 Å². The third-order valence-electron chi connectivity index (χ3n) is 4.32. The number of halogens is 1. The van der Waals surface area contributed by atoms with Gasteiger partial charge in [0.1, 0.15) is 11.9 Å². The summed E-state index contributed by atoms with van der Waals surface area (Å²) >= 11 is 5.97. The molecule has 0 aromatic heterocycles. The molecule has 0 bridgehead atoms. The lowest BCUT2D eigenvalue weighted by atomic mass is 10.0. The summed E-state index contributed by atoms with van der Waals surface area (Å²) in [5, 5.41) is 3.18. The van der Waals surface area contributed by atoms with Gasteiger partial charge >= 0.3 is 0 Å². The van der Waals surface area contributed by atoms with Gasteiger partial charge in [0.15, 0.2) is 0 Å². The lowest BCUT2D eigenvalue weighted by Gasteiger charge is -2.17. The number of carbonyl (C=O) groups excluding carboxylic acids is 2. The number of aliphatic imine (C=N–C) groups is 1. The first-order valence-electron chi connectivity index (χ1n) is 9.00. The van der Waals surface area contributed by atoms with Crippen LogP contribution in [0.1, 0.15) is 33.1 Å². The zero-order valence-corrected chi connectivity index (χ0v) is 16.6. The Morgan fingerprint density at radius 1 is 0.931 bits per heavy atom. The average Bonchev–Trinajstić information content (AvgIpc) is 2.73. The molecule has 0 heterocycles. The number of benzene rings is 3. The first-order chi connectivity index (χ1) is 13.9. The number of amides is 2. The van der Waals surface area contributed by atoms with Crippen LogP contribution >= 0.6 is 11.6 Å². The van der Waals surface area contributed by atoms with Gasteiger partial charge in [-0.2, -0.15) is 4.99 Å². The largest absolute Gasteiger partial charge is 0.383 e. The summed E-state index contributed by atoms with van der Waals surface area (Å²) in [6, 6.07) is 21.8. The molecule has 0 spiro atoms. The lowest BCUT2D eigenvalue weighted by molar-refractivity contribution is -0.119. The highest BCUT2D eigenvalue weighted by Crippen LogP contribution is 2.18. The van der Waals surface area contributed by atoms with Crippen molar-refractivity contribution in [2.45, 2.75) is 13.0 Å². The highest BCUT2D eigenvalue weighted by atomic mass is 35.5. The van der Waals surface area contributed by atoms with Gasteiger partial charge in [-0.05, 0) is 30.7 Å². The van der Waals surface area contributed by atoms with E-state index in [0.29, 0.717) is 21.7 Å². The minimum Gasteiger partial charge on any atom is -0.383 e. The van der Waals surface area contributed by atoms with Crippen molar-refractivity contribution in [3.8, 4) is 0 Å². The maximum Gasteiger partial charge on any atom is 0.274 e. The van der Waals surface area contributed by atoms with E-state index in [4.69, 9.17) is 17.3 Å². The highest BCUT2D eigenvalue weighted by molar-refractivity contribution is 6.31. The van der Waals surface area contributed by atoms with E-state index in [9.17, 15) is 9.59 Å². The van der Waals surface area contributed by atoms with Crippen LogP contribution in [0.25, 0.3) is 0 Å². The fraction of sp³-hybridized carbons (Fsp3) is 0.0870. The van der Waals surface area contributed by atoms with Gasteiger partial charge in [0.05, 0.1) is 0 Å². The van der Waals surface area contributed by atoms with Crippen LogP contribution in [0.5, 0.6) is 0 Å². The molecule has 0 saturated carbocycles. The number of carbonyl (C=O) groups is 2. The van der Waals surface area contributed by atoms with Crippen molar-refractivity contribution in [2.75, 3.05) is 0 Å². The Morgan fingerprint density at radius 2 is 1.59 bits per heavy atom. The second-order valence-corrected chi connectivity index (χ2v) is 6.97. The van der Waals surface area contributed by atoms with Crippen LogP contribution < -0.4 is 11.1 Å². The maximum absolute atomic E-state index is 12.9. The first kappa shape index (κ1) is 20.3. The molecule has 3 N–H and O–H groups in total. The van der Waals surface area contributed by atoms with Crippen molar-refractivity contribution < 1.29 is 9.59 Å². The normalized spacial score (nSPS) is 12.3. The predicted octanol–water partition coefficient (Wildman–Crippen LogP) is 4.05. The van der Waals surface area contributed by atoms with E-state index in [1.807, 2.05) is 25.1 Å². The molecule has 1 unspecified atom stereocenters. The standard InChI is InChI=1S/C23H20ClN3O2/c1-15-10-12-16(13-11-15)20(26-22(28)18-8-5-9-19(24)14-18)23(29)27-21(25)17-6-3-2-4-7-17/h2-14,20H,1H3,(H,26,28)(H2,25,27,29). The fourth-order valence-corrected chi connectivity index (χ4v) is 2.94. The Kier molecular flexibility index (Phi) is 6.42. The number of rotatable bonds is 5. The number of hydrogen-bond donors (Lipinski definition) is 2. The third kappa shape index (κ3) is 5.30. The topological polar surface area (TPSA) is 84.5 Å². The number of hydrogen-bond acceptors (Lipinski definition) is 2. The molecule has 3 aromatic carbocycles.